The smallest absolute Gasteiger partial charge is 0.272 e. The molecule has 0 N–H and O–H groups in total. The molecule has 1 saturated heterocycles. The van der Waals surface area contributed by atoms with E-state index in [-0.39, 0.29) is 18.1 Å². The number of aromatic nitrogens is 2. The average molecular weight is 301 g/mol. The average Bonchev–Trinajstić information content (AvgIpc) is 2.84. The third-order valence-electron chi connectivity index (χ3n) is 4.00. The highest BCUT2D eigenvalue weighted by molar-refractivity contribution is 5.95. The second kappa shape index (κ2) is 6.08. The molecule has 22 heavy (non-hydrogen) atoms. The van der Waals surface area contributed by atoms with Crippen LogP contribution in [0.15, 0.2) is 24.4 Å². The topological polar surface area (TPSA) is 46.8 Å². The van der Waals surface area contributed by atoms with Crippen molar-refractivity contribution in [1.29, 1.82) is 0 Å². The third kappa shape index (κ3) is 2.73. The molecule has 1 fully saturated rings. The summed E-state index contributed by atoms with van der Waals surface area (Å²) >= 11 is 0. The van der Waals surface area contributed by atoms with E-state index in [0.29, 0.717) is 18.8 Å². The van der Waals surface area contributed by atoms with Gasteiger partial charge in [-0.1, -0.05) is 19.4 Å². The maximum Gasteiger partial charge on any atom is 0.272 e. The van der Waals surface area contributed by atoms with Crippen molar-refractivity contribution >= 4 is 11.6 Å². The number of hydrogen-bond donors (Lipinski definition) is 0. The lowest BCUT2D eigenvalue weighted by Gasteiger charge is -2.35. The van der Waals surface area contributed by atoms with E-state index in [0.717, 1.165) is 24.2 Å². The van der Waals surface area contributed by atoms with Crippen LogP contribution in [-0.2, 0) is 11.2 Å². The second-order valence-electron chi connectivity index (χ2n) is 6.05. The SMILES string of the molecule is CCCc1nc2ccccn2c1C(=O)N1CC(C)OC(C)C1. The van der Waals surface area contributed by atoms with Crippen LogP contribution in [0.2, 0.25) is 0 Å². The summed E-state index contributed by atoms with van der Waals surface area (Å²) in [4.78, 5) is 19.6. The van der Waals surface area contributed by atoms with Crippen molar-refractivity contribution in [2.24, 2.45) is 0 Å². The summed E-state index contributed by atoms with van der Waals surface area (Å²) in [7, 11) is 0. The summed E-state index contributed by atoms with van der Waals surface area (Å²) in [6.07, 6.45) is 3.85. The number of pyridine rings is 1. The summed E-state index contributed by atoms with van der Waals surface area (Å²) in [6, 6.07) is 5.83. The van der Waals surface area contributed by atoms with Gasteiger partial charge in [-0.3, -0.25) is 9.20 Å². The lowest BCUT2D eigenvalue weighted by molar-refractivity contribution is -0.0588. The first-order valence-corrected chi connectivity index (χ1v) is 8.00. The molecule has 0 bridgehead atoms. The van der Waals surface area contributed by atoms with Crippen molar-refractivity contribution in [2.45, 2.75) is 45.8 Å². The minimum atomic E-state index is 0.0594. The molecule has 0 spiro atoms. The predicted molar refractivity (Wildman–Crippen MR) is 85.1 cm³/mol. The Bertz CT molecular complexity index is 670. The van der Waals surface area contributed by atoms with Gasteiger partial charge in [0, 0.05) is 19.3 Å². The van der Waals surface area contributed by atoms with E-state index in [1.807, 2.05) is 47.5 Å². The Morgan fingerprint density at radius 2 is 2.05 bits per heavy atom. The molecule has 5 nitrogen and oxygen atoms in total. The zero-order valence-corrected chi connectivity index (χ0v) is 13.5. The first kappa shape index (κ1) is 15.0. The maximum atomic E-state index is 13.1. The van der Waals surface area contributed by atoms with Gasteiger partial charge in [0.15, 0.2) is 0 Å². The molecule has 2 aromatic heterocycles. The number of hydrogen-bond acceptors (Lipinski definition) is 3. The number of carbonyl (C=O) groups is 1. The van der Waals surface area contributed by atoms with Crippen molar-refractivity contribution in [3.63, 3.8) is 0 Å². The van der Waals surface area contributed by atoms with E-state index in [9.17, 15) is 4.79 Å². The van der Waals surface area contributed by atoms with Crippen LogP contribution in [0.3, 0.4) is 0 Å². The van der Waals surface area contributed by atoms with Gasteiger partial charge in [-0.25, -0.2) is 4.98 Å². The molecular weight excluding hydrogens is 278 g/mol. The van der Waals surface area contributed by atoms with Crippen LogP contribution in [0.1, 0.15) is 43.4 Å². The first-order chi connectivity index (χ1) is 10.6. The molecule has 0 aliphatic carbocycles. The number of carbonyl (C=O) groups excluding carboxylic acids is 1. The largest absolute Gasteiger partial charge is 0.372 e. The molecule has 2 aromatic rings. The Labute approximate surface area is 130 Å². The van der Waals surface area contributed by atoms with Gasteiger partial charge in [-0.2, -0.15) is 0 Å². The summed E-state index contributed by atoms with van der Waals surface area (Å²) in [5.74, 6) is 0.0594. The van der Waals surface area contributed by atoms with E-state index >= 15 is 0 Å². The molecule has 5 heteroatoms. The van der Waals surface area contributed by atoms with Gasteiger partial charge >= 0.3 is 0 Å². The molecule has 3 heterocycles. The Morgan fingerprint density at radius 1 is 1.32 bits per heavy atom. The fraction of sp³-hybridized carbons (Fsp3) is 0.529. The number of rotatable bonds is 3. The molecule has 0 saturated carbocycles. The van der Waals surface area contributed by atoms with Gasteiger partial charge in [-0.05, 0) is 32.4 Å². The molecule has 2 unspecified atom stereocenters. The van der Waals surface area contributed by atoms with Crippen LogP contribution in [0.5, 0.6) is 0 Å². The second-order valence-corrected chi connectivity index (χ2v) is 6.05. The molecular formula is C17H23N3O2. The minimum absolute atomic E-state index is 0.0594. The number of ether oxygens (including phenoxy) is 1. The van der Waals surface area contributed by atoms with Crippen LogP contribution >= 0.6 is 0 Å². The zero-order valence-electron chi connectivity index (χ0n) is 13.5. The van der Waals surface area contributed by atoms with Gasteiger partial charge in [0.2, 0.25) is 0 Å². The highest BCUT2D eigenvalue weighted by atomic mass is 16.5. The fourth-order valence-electron chi connectivity index (χ4n) is 3.18. The van der Waals surface area contributed by atoms with E-state index in [2.05, 4.69) is 11.9 Å². The number of aryl methyl sites for hydroxylation is 1. The minimum Gasteiger partial charge on any atom is -0.372 e. The Balaban J connectivity index is 2.00. The van der Waals surface area contributed by atoms with E-state index in [1.54, 1.807) is 0 Å². The van der Waals surface area contributed by atoms with Gasteiger partial charge in [0.1, 0.15) is 11.3 Å². The standard InChI is InChI=1S/C17H23N3O2/c1-4-7-14-16(20-9-6-5-8-15(20)18-14)17(21)19-10-12(2)22-13(3)11-19/h5-6,8-9,12-13H,4,7,10-11H2,1-3H3. The molecule has 1 amide bonds. The number of fused-ring (bicyclic) bond motifs is 1. The van der Waals surface area contributed by atoms with E-state index in [4.69, 9.17) is 4.74 Å². The molecule has 1 aliphatic rings. The van der Waals surface area contributed by atoms with Crippen LogP contribution in [-0.4, -0.2) is 45.5 Å². The zero-order chi connectivity index (χ0) is 15.7. The van der Waals surface area contributed by atoms with Gasteiger partial charge < -0.3 is 9.64 Å². The Kier molecular flexibility index (Phi) is 4.16. The Hall–Kier alpha value is -1.88. The van der Waals surface area contributed by atoms with Crippen LogP contribution in [0.4, 0.5) is 0 Å². The van der Waals surface area contributed by atoms with Crippen LogP contribution in [0.25, 0.3) is 5.65 Å². The lowest BCUT2D eigenvalue weighted by atomic mass is 10.1. The molecule has 3 rings (SSSR count). The molecule has 118 valence electrons. The summed E-state index contributed by atoms with van der Waals surface area (Å²) < 4.78 is 7.65. The number of morpholine rings is 1. The maximum absolute atomic E-state index is 13.1. The normalized spacial score (nSPS) is 22.2. The van der Waals surface area contributed by atoms with E-state index in [1.165, 1.54) is 0 Å². The van der Waals surface area contributed by atoms with Crippen LogP contribution < -0.4 is 0 Å². The number of amides is 1. The summed E-state index contributed by atoms with van der Waals surface area (Å²) in [6.45, 7) is 7.40. The van der Waals surface area contributed by atoms with E-state index < -0.39 is 0 Å². The van der Waals surface area contributed by atoms with Gasteiger partial charge in [0.25, 0.3) is 5.91 Å². The monoisotopic (exact) mass is 301 g/mol. The van der Waals surface area contributed by atoms with Gasteiger partial charge in [0.05, 0.1) is 17.9 Å². The van der Waals surface area contributed by atoms with Gasteiger partial charge in [-0.15, -0.1) is 0 Å². The predicted octanol–water partition coefficient (Wildman–Crippen LogP) is 2.54. The molecule has 2 atom stereocenters. The quantitative estimate of drug-likeness (QED) is 0.875. The summed E-state index contributed by atoms with van der Waals surface area (Å²) in [5, 5.41) is 0. The Morgan fingerprint density at radius 3 is 2.73 bits per heavy atom. The fourth-order valence-corrected chi connectivity index (χ4v) is 3.18. The highest BCUT2D eigenvalue weighted by Crippen LogP contribution is 2.19. The number of imidazole rings is 1. The molecule has 0 aromatic carbocycles. The lowest BCUT2D eigenvalue weighted by Crippen LogP contribution is -2.48. The van der Waals surface area contributed by atoms with Crippen molar-refractivity contribution in [2.75, 3.05) is 13.1 Å². The highest BCUT2D eigenvalue weighted by Gasteiger charge is 2.30. The first-order valence-electron chi connectivity index (χ1n) is 8.00. The van der Waals surface area contributed by atoms with Crippen molar-refractivity contribution in [1.82, 2.24) is 14.3 Å². The summed E-state index contributed by atoms with van der Waals surface area (Å²) in [5.41, 5.74) is 2.44. The molecule has 1 aliphatic heterocycles. The molecule has 0 radical (unpaired) electrons. The van der Waals surface area contributed by atoms with Crippen LogP contribution in [0, 0.1) is 0 Å². The third-order valence-corrected chi connectivity index (χ3v) is 4.00. The van der Waals surface area contributed by atoms with Crippen molar-refractivity contribution in [3.8, 4) is 0 Å². The van der Waals surface area contributed by atoms with Crippen molar-refractivity contribution in [3.05, 3.63) is 35.8 Å². The van der Waals surface area contributed by atoms with Crippen molar-refractivity contribution < 1.29 is 9.53 Å². The number of nitrogens with zero attached hydrogens (tertiary/aromatic N) is 3.